The van der Waals surface area contributed by atoms with Gasteiger partial charge in [0.25, 0.3) is 0 Å². The summed E-state index contributed by atoms with van der Waals surface area (Å²) in [5, 5.41) is 26.0. The number of aliphatic hydroxyl groups excluding tert-OH is 1. The molecule has 4 heterocycles. The summed E-state index contributed by atoms with van der Waals surface area (Å²) in [4.78, 5) is 38.8. The summed E-state index contributed by atoms with van der Waals surface area (Å²) in [6.07, 6.45) is 4.38. The first-order valence-electron chi connectivity index (χ1n) is 11.4. The highest BCUT2D eigenvalue weighted by molar-refractivity contribution is 5.95. The molecular formula is C23H26N8O5. The van der Waals surface area contributed by atoms with Crippen LogP contribution in [0.25, 0.3) is 0 Å². The minimum Gasteiger partial charge on any atom is -0.495 e. The zero-order chi connectivity index (χ0) is 25.4. The molecule has 3 amide bonds. The molecular weight excluding hydrogens is 468 g/mol. The lowest BCUT2D eigenvalue weighted by atomic mass is 9.94. The fraction of sp³-hybridized carbons (Fsp3) is 0.348. The average Bonchev–Trinajstić information content (AvgIpc) is 3.32. The number of aliphatic hydroxyl groups is 1. The number of hydrogen-bond donors (Lipinski definition) is 3. The number of para-hydroxylation sites is 1. The highest BCUT2D eigenvalue weighted by atomic mass is 16.5. The number of benzene rings is 1. The smallest absolute Gasteiger partial charge is 0.411 e. The summed E-state index contributed by atoms with van der Waals surface area (Å²) in [5.74, 6) is 1.25. The van der Waals surface area contributed by atoms with E-state index < -0.39 is 6.09 Å². The zero-order valence-electron chi connectivity index (χ0n) is 19.8. The molecule has 2 aliphatic rings. The number of rotatable bonds is 6. The van der Waals surface area contributed by atoms with E-state index in [9.17, 15) is 14.7 Å². The van der Waals surface area contributed by atoms with Crippen LogP contribution in [0.2, 0.25) is 0 Å². The van der Waals surface area contributed by atoms with E-state index in [0.29, 0.717) is 47.4 Å². The van der Waals surface area contributed by atoms with Gasteiger partial charge in [0, 0.05) is 37.1 Å². The maximum absolute atomic E-state index is 13.5. The van der Waals surface area contributed by atoms with Crippen molar-refractivity contribution in [2.45, 2.75) is 25.6 Å². The molecule has 0 radical (unpaired) electrons. The van der Waals surface area contributed by atoms with Gasteiger partial charge in [-0.2, -0.15) is 10.1 Å². The van der Waals surface area contributed by atoms with Crippen LogP contribution in [0.5, 0.6) is 5.75 Å². The largest absolute Gasteiger partial charge is 0.495 e. The minimum atomic E-state index is -1.07. The Morgan fingerprint density at radius 3 is 2.89 bits per heavy atom. The molecule has 0 aliphatic carbocycles. The highest BCUT2D eigenvalue weighted by Crippen LogP contribution is 2.45. The maximum Gasteiger partial charge on any atom is 0.411 e. The number of ether oxygens (including phenoxy) is 1. The summed E-state index contributed by atoms with van der Waals surface area (Å²) in [7, 11) is 3.15. The van der Waals surface area contributed by atoms with Crippen LogP contribution < -0.4 is 19.9 Å². The first kappa shape index (κ1) is 23.4. The van der Waals surface area contributed by atoms with Crippen molar-refractivity contribution < 1.29 is 24.5 Å². The van der Waals surface area contributed by atoms with Gasteiger partial charge in [0.2, 0.25) is 5.95 Å². The van der Waals surface area contributed by atoms with Gasteiger partial charge in [-0.3, -0.25) is 14.5 Å². The fourth-order valence-electron chi connectivity index (χ4n) is 4.72. The van der Waals surface area contributed by atoms with Gasteiger partial charge in [-0.15, -0.1) is 0 Å². The molecule has 0 bridgehead atoms. The van der Waals surface area contributed by atoms with E-state index in [1.807, 2.05) is 6.07 Å². The van der Waals surface area contributed by atoms with E-state index in [2.05, 4.69) is 20.4 Å². The third-order valence-electron chi connectivity index (χ3n) is 6.36. The predicted octanol–water partition coefficient (Wildman–Crippen LogP) is 2.42. The number of carbonyl (C=O) groups excluding carboxylic acids is 1. The number of amides is 3. The number of nitrogens with one attached hydrogen (secondary N) is 1. The van der Waals surface area contributed by atoms with Crippen LogP contribution in [0, 0.1) is 0 Å². The summed E-state index contributed by atoms with van der Waals surface area (Å²) < 4.78 is 7.04. The molecule has 36 heavy (non-hydrogen) atoms. The molecule has 2 aromatic heterocycles. The molecule has 0 saturated heterocycles. The number of hydrogen-bond acceptors (Lipinski definition) is 8. The Hall–Kier alpha value is -4.39. The van der Waals surface area contributed by atoms with Crippen LogP contribution >= 0.6 is 0 Å². The Morgan fingerprint density at radius 1 is 1.31 bits per heavy atom. The number of nitrogens with zero attached hydrogens (tertiary/aromatic N) is 7. The van der Waals surface area contributed by atoms with Crippen molar-refractivity contribution in [2.24, 2.45) is 0 Å². The Kier molecular flexibility index (Phi) is 6.06. The maximum atomic E-state index is 13.5. The number of carboxylic acid groups (broad SMARTS) is 1. The molecule has 0 spiro atoms. The van der Waals surface area contributed by atoms with Crippen LogP contribution in [-0.2, 0) is 13.1 Å². The van der Waals surface area contributed by atoms with Crippen LogP contribution in [0.4, 0.5) is 32.7 Å². The number of anilines is 4. The second-order valence-electron chi connectivity index (χ2n) is 8.49. The van der Waals surface area contributed by atoms with Crippen molar-refractivity contribution in [1.29, 1.82) is 0 Å². The third-order valence-corrected chi connectivity index (χ3v) is 6.36. The first-order chi connectivity index (χ1) is 17.4. The predicted molar refractivity (Wildman–Crippen MR) is 130 cm³/mol. The van der Waals surface area contributed by atoms with Crippen molar-refractivity contribution in [1.82, 2.24) is 24.6 Å². The quantitative estimate of drug-likeness (QED) is 0.469. The second kappa shape index (κ2) is 9.34. The lowest BCUT2D eigenvalue weighted by Gasteiger charge is -2.43. The van der Waals surface area contributed by atoms with Crippen LogP contribution in [0.1, 0.15) is 23.6 Å². The van der Waals surface area contributed by atoms with Gasteiger partial charge in [0.1, 0.15) is 11.6 Å². The Labute approximate surface area is 206 Å². The molecule has 1 aromatic carbocycles. The Balaban J connectivity index is 1.43. The van der Waals surface area contributed by atoms with Gasteiger partial charge in [0.05, 0.1) is 50.4 Å². The molecule has 13 heteroatoms. The van der Waals surface area contributed by atoms with Gasteiger partial charge in [-0.25, -0.2) is 14.6 Å². The van der Waals surface area contributed by atoms with Crippen molar-refractivity contribution in [3.8, 4) is 5.75 Å². The standard InChI is InChI=1S/C23H26N8O5/c1-28-20-14(10-24-21(27-20)26-15-11-25-29(13-15)8-9-32)12-31(22(28)33)17-6-7-30(23(34)35)19-16(17)4-3-5-18(19)36-2/h3-5,10-11,13,17,32H,6-9,12H2,1-2H3,(H,34,35)(H,24,26,27). The average molecular weight is 495 g/mol. The number of aromatic nitrogens is 4. The van der Waals surface area contributed by atoms with Gasteiger partial charge in [0.15, 0.2) is 0 Å². The molecule has 5 rings (SSSR count). The number of fused-ring (bicyclic) bond motifs is 2. The summed E-state index contributed by atoms with van der Waals surface area (Å²) in [5.41, 5.74) is 2.60. The van der Waals surface area contributed by atoms with E-state index in [-0.39, 0.29) is 31.8 Å². The molecule has 3 N–H and O–H groups in total. The molecule has 0 saturated carbocycles. The SMILES string of the molecule is COc1cccc2c1N(C(=O)O)CCC2N1Cc2cnc(Nc3cnn(CCO)c3)nc2N(C)C1=O. The number of methoxy groups -OCH3 is 1. The summed E-state index contributed by atoms with van der Waals surface area (Å²) in [6, 6.07) is 4.76. The van der Waals surface area contributed by atoms with E-state index in [1.54, 1.807) is 47.4 Å². The lowest BCUT2D eigenvalue weighted by molar-refractivity contribution is 0.166. The monoisotopic (exact) mass is 494 g/mol. The number of carbonyl (C=O) groups is 2. The molecule has 1 atom stereocenters. The topological polar surface area (TPSA) is 149 Å². The molecule has 2 aliphatic heterocycles. The van der Waals surface area contributed by atoms with Crippen molar-refractivity contribution in [3.05, 3.63) is 47.9 Å². The van der Waals surface area contributed by atoms with E-state index in [1.165, 1.54) is 16.9 Å². The van der Waals surface area contributed by atoms with E-state index in [4.69, 9.17) is 9.84 Å². The van der Waals surface area contributed by atoms with Gasteiger partial charge >= 0.3 is 12.1 Å². The normalized spacial score (nSPS) is 17.0. The fourth-order valence-corrected chi connectivity index (χ4v) is 4.72. The van der Waals surface area contributed by atoms with Crippen molar-refractivity contribution in [3.63, 3.8) is 0 Å². The minimum absolute atomic E-state index is 0.0214. The highest BCUT2D eigenvalue weighted by Gasteiger charge is 2.40. The van der Waals surface area contributed by atoms with Crippen LogP contribution in [-0.4, -0.2) is 74.3 Å². The second-order valence-corrected chi connectivity index (χ2v) is 8.49. The zero-order valence-corrected chi connectivity index (χ0v) is 19.8. The first-order valence-corrected chi connectivity index (χ1v) is 11.4. The molecule has 3 aromatic rings. The van der Waals surface area contributed by atoms with Gasteiger partial charge < -0.3 is 25.2 Å². The van der Waals surface area contributed by atoms with Crippen LogP contribution in [0.15, 0.2) is 36.8 Å². The lowest BCUT2D eigenvalue weighted by Crippen LogP contribution is -2.49. The van der Waals surface area contributed by atoms with Gasteiger partial charge in [-0.1, -0.05) is 12.1 Å². The number of urea groups is 1. The summed E-state index contributed by atoms with van der Waals surface area (Å²) in [6.45, 7) is 0.866. The molecule has 1 unspecified atom stereocenters. The Bertz CT molecular complexity index is 1310. The molecule has 188 valence electrons. The van der Waals surface area contributed by atoms with E-state index >= 15 is 0 Å². The summed E-state index contributed by atoms with van der Waals surface area (Å²) >= 11 is 0. The third kappa shape index (κ3) is 4.02. The molecule has 13 nitrogen and oxygen atoms in total. The van der Waals surface area contributed by atoms with Crippen molar-refractivity contribution in [2.75, 3.05) is 42.4 Å². The molecule has 0 fully saturated rings. The Morgan fingerprint density at radius 2 is 2.14 bits per heavy atom. The van der Waals surface area contributed by atoms with Crippen molar-refractivity contribution >= 4 is 35.3 Å². The van der Waals surface area contributed by atoms with Gasteiger partial charge in [-0.05, 0) is 12.5 Å². The van der Waals surface area contributed by atoms with E-state index in [0.717, 1.165) is 5.56 Å². The van der Waals surface area contributed by atoms with Crippen LogP contribution in [0.3, 0.4) is 0 Å².